The van der Waals surface area contributed by atoms with Crippen molar-refractivity contribution in [2.75, 3.05) is 33.9 Å². The van der Waals surface area contributed by atoms with E-state index in [0.29, 0.717) is 19.1 Å². The van der Waals surface area contributed by atoms with Gasteiger partial charge in [0, 0.05) is 20.2 Å². The maximum atomic E-state index is 11.6. The predicted octanol–water partition coefficient (Wildman–Crippen LogP) is 0.725. The smallest absolute Gasteiger partial charge is 0.237 e. The van der Waals surface area contributed by atoms with Gasteiger partial charge >= 0.3 is 0 Å². The van der Waals surface area contributed by atoms with E-state index in [-0.39, 0.29) is 11.9 Å². The molecule has 0 rings (SSSR count). The quantitative estimate of drug-likeness (QED) is 0.638. The molecule has 0 unspecified atom stereocenters. The van der Waals surface area contributed by atoms with Gasteiger partial charge in [-0.1, -0.05) is 13.8 Å². The molecule has 0 aromatic heterocycles. The SMILES string of the molecule is COCCNC(=O)[C@H](C)N(C)CC(C)C. The van der Waals surface area contributed by atoms with Crippen LogP contribution in [0.4, 0.5) is 0 Å². The van der Waals surface area contributed by atoms with Crippen molar-refractivity contribution in [3.8, 4) is 0 Å². The minimum Gasteiger partial charge on any atom is -0.383 e. The average Bonchev–Trinajstić information content (AvgIpc) is 2.15. The second-order valence-electron chi connectivity index (χ2n) is 4.29. The first-order valence-electron chi connectivity index (χ1n) is 5.46. The Hall–Kier alpha value is -0.610. The second kappa shape index (κ2) is 7.65. The fourth-order valence-electron chi connectivity index (χ4n) is 1.36. The lowest BCUT2D eigenvalue weighted by atomic mass is 10.2. The van der Waals surface area contributed by atoms with Crippen LogP contribution in [0.15, 0.2) is 0 Å². The fourth-order valence-corrected chi connectivity index (χ4v) is 1.36. The number of nitrogens with one attached hydrogen (secondary N) is 1. The Morgan fingerprint density at radius 2 is 2.00 bits per heavy atom. The normalized spacial score (nSPS) is 13.3. The van der Waals surface area contributed by atoms with E-state index in [1.54, 1.807) is 7.11 Å². The van der Waals surface area contributed by atoms with E-state index in [1.165, 1.54) is 0 Å². The zero-order valence-electron chi connectivity index (χ0n) is 10.5. The number of amides is 1. The molecular weight excluding hydrogens is 192 g/mol. The minimum absolute atomic E-state index is 0.0650. The topological polar surface area (TPSA) is 41.6 Å². The molecule has 0 heterocycles. The van der Waals surface area contributed by atoms with E-state index >= 15 is 0 Å². The van der Waals surface area contributed by atoms with Gasteiger partial charge in [-0.15, -0.1) is 0 Å². The standard InChI is InChI=1S/C11H24N2O2/c1-9(2)8-13(4)10(3)11(14)12-6-7-15-5/h9-10H,6-8H2,1-5H3,(H,12,14)/t10-/m0/s1. The van der Waals surface area contributed by atoms with Crippen molar-refractivity contribution >= 4 is 5.91 Å². The molecule has 1 amide bonds. The second-order valence-corrected chi connectivity index (χ2v) is 4.29. The van der Waals surface area contributed by atoms with Crippen molar-refractivity contribution in [3.63, 3.8) is 0 Å². The Kier molecular flexibility index (Phi) is 7.34. The van der Waals surface area contributed by atoms with Crippen LogP contribution in [0.1, 0.15) is 20.8 Å². The van der Waals surface area contributed by atoms with E-state index in [9.17, 15) is 4.79 Å². The van der Waals surface area contributed by atoms with Crippen LogP contribution in [0.3, 0.4) is 0 Å². The zero-order chi connectivity index (χ0) is 11.8. The molecule has 0 spiro atoms. The van der Waals surface area contributed by atoms with E-state index in [2.05, 4.69) is 24.1 Å². The first-order chi connectivity index (χ1) is 6.99. The first-order valence-corrected chi connectivity index (χ1v) is 5.46. The van der Waals surface area contributed by atoms with Crippen LogP contribution >= 0.6 is 0 Å². The van der Waals surface area contributed by atoms with Gasteiger partial charge in [0.15, 0.2) is 0 Å². The Morgan fingerprint density at radius 1 is 1.40 bits per heavy atom. The summed E-state index contributed by atoms with van der Waals surface area (Å²) in [7, 11) is 3.60. The number of nitrogens with zero attached hydrogens (tertiary/aromatic N) is 1. The number of carbonyl (C=O) groups excluding carboxylic acids is 1. The highest BCUT2D eigenvalue weighted by Gasteiger charge is 2.17. The van der Waals surface area contributed by atoms with E-state index in [4.69, 9.17) is 4.74 Å². The van der Waals surface area contributed by atoms with Gasteiger partial charge in [-0.3, -0.25) is 9.69 Å². The summed E-state index contributed by atoms with van der Waals surface area (Å²) < 4.78 is 4.87. The van der Waals surface area contributed by atoms with Crippen molar-refractivity contribution in [1.29, 1.82) is 0 Å². The molecule has 0 aromatic rings. The van der Waals surface area contributed by atoms with E-state index in [1.807, 2.05) is 14.0 Å². The van der Waals surface area contributed by atoms with Crippen LogP contribution in [0.2, 0.25) is 0 Å². The third kappa shape index (κ3) is 6.47. The first kappa shape index (κ1) is 14.4. The molecular formula is C11H24N2O2. The Bertz CT molecular complexity index is 183. The van der Waals surface area contributed by atoms with Gasteiger partial charge in [0.25, 0.3) is 0 Å². The van der Waals surface area contributed by atoms with Crippen molar-refractivity contribution in [2.45, 2.75) is 26.8 Å². The fraction of sp³-hybridized carbons (Fsp3) is 0.909. The van der Waals surface area contributed by atoms with Crippen LogP contribution in [0.5, 0.6) is 0 Å². The summed E-state index contributed by atoms with van der Waals surface area (Å²) in [4.78, 5) is 13.7. The molecule has 15 heavy (non-hydrogen) atoms. The Morgan fingerprint density at radius 3 is 2.47 bits per heavy atom. The predicted molar refractivity (Wildman–Crippen MR) is 61.8 cm³/mol. The van der Waals surface area contributed by atoms with E-state index < -0.39 is 0 Å². The molecule has 4 nitrogen and oxygen atoms in total. The zero-order valence-corrected chi connectivity index (χ0v) is 10.5. The van der Waals surface area contributed by atoms with Crippen LogP contribution in [-0.2, 0) is 9.53 Å². The molecule has 0 aliphatic heterocycles. The van der Waals surface area contributed by atoms with Crippen molar-refractivity contribution < 1.29 is 9.53 Å². The molecule has 4 heteroatoms. The number of rotatable bonds is 7. The molecule has 1 atom stereocenters. The highest BCUT2D eigenvalue weighted by atomic mass is 16.5. The van der Waals surface area contributed by atoms with Crippen molar-refractivity contribution in [2.24, 2.45) is 5.92 Å². The summed E-state index contributed by atoms with van der Waals surface area (Å²) in [6, 6.07) is -0.0794. The molecule has 0 bridgehead atoms. The van der Waals surface area contributed by atoms with Gasteiger partial charge in [-0.25, -0.2) is 0 Å². The highest BCUT2D eigenvalue weighted by Crippen LogP contribution is 2.01. The van der Waals surface area contributed by atoms with Crippen LogP contribution in [0.25, 0.3) is 0 Å². The number of methoxy groups -OCH3 is 1. The maximum absolute atomic E-state index is 11.6. The van der Waals surface area contributed by atoms with Crippen molar-refractivity contribution in [1.82, 2.24) is 10.2 Å². The third-order valence-electron chi connectivity index (χ3n) is 2.30. The molecule has 0 radical (unpaired) electrons. The molecule has 0 fully saturated rings. The molecule has 1 N–H and O–H groups in total. The summed E-state index contributed by atoms with van der Waals surface area (Å²) >= 11 is 0. The van der Waals surface area contributed by atoms with Gasteiger partial charge in [-0.05, 0) is 19.9 Å². The molecule has 0 aliphatic carbocycles. The highest BCUT2D eigenvalue weighted by molar-refractivity contribution is 5.81. The average molecular weight is 216 g/mol. The van der Waals surface area contributed by atoms with Gasteiger partial charge < -0.3 is 10.1 Å². The molecule has 0 saturated carbocycles. The van der Waals surface area contributed by atoms with Gasteiger partial charge in [0.1, 0.15) is 0 Å². The largest absolute Gasteiger partial charge is 0.383 e. The summed E-state index contributed by atoms with van der Waals surface area (Å²) in [6.45, 7) is 8.28. The Labute approximate surface area is 93.0 Å². The number of hydrogen-bond donors (Lipinski definition) is 1. The lowest BCUT2D eigenvalue weighted by Crippen LogP contribution is -2.45. The molecule has 0 saturated heterocycles. The lowest BCUT2D eigenvalue weighted by Gasteiger charge is -2.25. The Balaban J connectivity index is 3.85. The van der Waals surface area contributed by atoms with E-state index in [0.717, 1.165) is 6.54 Å². The molecule has 0 aliphatic rings. The van der Waals surface area contributed by atoms with Crippen LogP contribution in [0, 0.1) is 5.92 Å². The number of hydrogen-bond acceptors (Lipinski definition) is 3. The summed E-state index contributed by atoms with van der Waals surface area (Å²) in [5, 5.41) is 2.83. The van der Waals surface area contributed by atoms with Gasteiger partial charge in [0.05, 0.1) is 12.6 Å². The van der Waals surface area contributed by atoms with Gasteiger partial charge in [-0.2, -0.15) is 0 Å². The monoisotopic (exact) mass is 216 g/mol. The number of carbonyl (C=O) groups is 1. The number of ether oxygens (including phenoxy) is 1. The maximum Gasteiger partial charge on any atom is 0.237 e. The van der Waals surface area contributed by atoms with Crippen LogP contribution < -0.4 is 5.32 Å². The summed E-state index contributed by atoms with van der Waals surface area (Å²) in [5.41, 5.74) is 0. The number of likely N-dealkylation sites (N-methyl/N-ethyl adjacent to an activating group) is 1. The summed E-state index contributed by atoms with van der Waals surface area (Å²) in [5.74, 6) is 0.638. The van der Waals surface area contributed by atoms with Crippen LogP contribution in [-0.4, -0.2) is 50.7 Å². The van der Waals surface area contributed by atoms with Gasteiger partial charge in [0.2, 0.25) is 5.91 Å². The molecule has 0 aromatic carbocycles. The lowest BCUT2D eigenvalue weighted by molar-refractivity contribution is -0.125. The van der Waals surface area contributed by atoms with Crippen molar-refractivity contribution in [3.05, 3.63) is 0 Å². The minimum atomic E-state index is -0.0794. The summed E-state index contributed by atoms with van der Waals surface area (Å²) in [6.07, 6.45) is 0. The third-order valence-corrected chi connectivity index (χ3v) is 2.30. The molecule has 90 valence electrons.